The van der Waals surface area contributed by atoms with E-state index >= 15 is 0 Å². The van der Waals surface area contributed by atoms with Gasteiger partial charge in [-0.15, -0.1) is 0 Å². The van der Waals surface area contributed by atoms with Crippen molar-refractivity contribution in [2.24, 2.45) is 5.73 Å². The van der Waals surface area contributed by atoms with Crippen molar-refractivity contribution in [1.82, 2.24) is 4.98 Å². The fourth-order valence-electron chi connectivity index (χ4n) is 1.12. The Hall–Kier alpha value is -0.450. The van der Waals surface area contributed by atoms with Crippen molar-refractivity contribution in [3.8, 4) is 0 Å². The van der Waals surface area contributed by atoms with E-state index in [0.29, 0.717) is 6.54 Å². The average Bonchev–Trinajstić information content (AvgIpc) is 2.17. The maximum absolute atomic E-state index is 9.24. The van der Waals surface area contributed by atoms with E-state index in [9.17, 15) is 5.11 Å². The van der Waals surface area contributed by atoms with Gasteiger partial charge < -0.3 is 10.8 Å². The van der Waals surface area contributed by atoms with Gasteiger partial charge in [0.15, 0.2) is 0 Å². The monoisotopic (exact) mass is 244 g/mol. The Kier molecular flexibility index (Phi) is 3.41. The summed E-state index contributed by atoms with van der Waals surface area (Å²) in [6, 6.07) is 1.87. The van der Waals surface area contributed by atoms with Crippen LogP contribution < -0.4 is 5.73 Å². The number of hydrogen-bond donors (Lipinski definition) is 2. The number of rotatable bonds is 3. The minimum Gasteiger partial charge on any atom is -0.395 e. The number of halogens is 1. The molecule has 0 aliphatic rings. The van der Waals surface area contributed by atoms with E-state index in [2.05, 4.69) is 20.9 Å². The molecule has 0 bridgehead atoms. The molecule has 0 fully saturated rings. The number of aliphatic hydroxyl groups excluding tert-OH is 1. The van der Waals surface area contributed by atoms with Crippen LogP contribution in [-0.4, -0.2) is 23.2 Å². The quantitative estimate of drug-likeness (QED) is 0.836. The van der Waals surface area contributed by atoms with Crippen LogP contribution in [0.1, 0.15) is 12.5 Å². The summed E-state index contributed by atoms with van der Waals surface area (Å²) in [6.07, 6.45) is 3.41. The molecule has 0 spiro atoms. The maximum Gasteiger partial charge on any atom is 0.0537 e. The molecule has 1 unspecified atom stereocenters. The lowest BCUT2D eigenvalue weighted by atomic mass is 9.84. The van der Waals surface area contributed by atoms with Gasteiger partial charge >= 0.3 is 0 Å². The zero-order valence-electron chi connectivity index (χ0n) is 7.50. The van der Waals surface area contributed by atoms with Crippen LogP contribution in [0.15, 0.2) is 22.9 Å². The van der Waals surface area contributed by atoms with Crippen LogP contribution in [0.3, 0.4) is 0 Å². The van der Waals surface area contributed by atoms with E-state index < -0.39 is 0 Å². The Morgan fingerprint density at radius 3 is 2.85 bits per heavy atom. The Bertz CT molecular complexity index is 287. The van der Waals surface area contributed by atoms with Crippen molar-refractivity contribution in [3.63, 3.8) is 0 Å². The van der Waals surface area contributed by atoms with E-state index in [1.807, 2.05) is 13.0 Å². The molecule has 1 rings (SSSR count). The molecule has 0 saturated heterocycles. The third-order valence-electron chi connectivity index (χ3n) is 2.22. The van der Waals surface area contributed by atoms with Crippen molar-refractivity contribution in [1.29, 1.82) is 0 Å². The summed E-state index contributed by atoms with van der Waals surface area (Å²) in [6.45, 7) is 2.37. The van der Waals surface area contributed by atoms with E-state index in [0.717, 1.165) is 10.0 Å². The molecule has 1 atom stereocenters. The first-order chi connectivity index (χ1) is 6.14. The Morgan fingerprint density at radius 2 is 2.38 bits per heavy atom. The van der Waals surface area contributed by atoms with E-state index in [1.165, 1.54) is 0 Å². The van der Waals surface area contributed by atoms with Crippen molar-refractivity contribution in [2.45, 2.75) is 12.3 Å². The van der Waals surface area contributed by atoms with E-state index in [1.54, 1.807) is 12.4 Å². The highest BCUT2D eigenvalue weighted by Crippen LogP contribution is 2.28. The van der Waals surface area contributed by atoms with Gasteiger partial charge in [0.25, 0.3) is 0 Å². The highest BCUT2D eigenvalue weighted by Gasteiger charge is 2.25. The van der Waals surface area contributed by atoms with Gasteiger partial charge in [0, 0.05) is 28.8 Å². The molecule has 13 heavy (non-hydrogen) atoms. The molecule has 0 amide bonds. The first-order valence-corrected chi connectivity index (χ1v) is 4.84. The van der Waals surface area contributed by atoms with Crippen molar-refractivity contribution >= 4 is 15.9 Å². The second-order valence-electron chi connectivity index (χ2n) is 3.28. The second-order valence-corrected chi connectivity index (χ2v) is 4.13. The number of nitrogens with two attached hydrogens (primary N) is 1. The normalized spacial score (nSPS) is 15.4. The standard InChI is InChI=1S/C9H13BrN2O/c1-9(5-11,6-13)7-2-3-12-4-8(7)10/h2-4,13H,5-6,11H2,1H3. The number of aliphatic hydroxyl groups is 1. The number of pyridine rings is 1. The summed E-state index contributed by atoms with van der Waals surface area (Å²) in [5.41, 5.74) is 6.22. The molecule has 4 heteroatoms. The molecule has 3 nitrogen and oxygen atoms in total. The van der Waals surface area contributed by atoms with Crippen molar-refractivity contribution in [3.05, 3.63) is 28.5 Å². The van der Waals surface area contributed by atoms with Gasteiger partial charge in [0.2, 0.25) is 0 Å². The topological polar surface area (TPSA) is 59.1 Å². The average molecular weight is 245 g/mol. The third kappa shape index (κ3) is 2.07. The minimum absolute atomic E-state index is 0.0338. The molecule has 0 aliphatic carbocycles. The van der Waals surface area contributed by atoms with Crippen LogP contribution in [0.25, 0.3) is 0 Å². The highest BCUT2D eigenvalue weighted by molar-refractivity contribution is 9.10. The van der Waals surface area contributed by atoms with Crippen LogP contribution in [-0.2, 0) is 5.41 Å². The van der Waals surface area contributed by atoms with Gasteiger partial charge in [-0.25, -0.2) is 0 Å². The number of nitrogens with zero attached hydrogens (tertiary/aromatic N) is 1. The molecule has 0 saturated carbocycles. The summed E-state index contributed by atoms with van der Waals surface area (Å²) < 4.78 is 0.886. The first-order valence-electron chi connectivity index (χ1n) is 4.05. The molecule has 0 aliphatic heterocycles. The molecule has 0 radical (unpaired) electrons. The highest BCUT2D eigenvalue weighted by atomic mass is 79.9. The van der Waals surface area contributed by atoms with Crippen molar-refractivity contribution in [2.75, 3.05) is 13.2 Å². The summed E-state index contributed by atoms with van der Waals surface area (Å²) >= 11 is 3.38. The van der Waals surface area contributed by atoms with Gasteiger partial charge in [0.05, 0.1) is 6.61 Å². The summed E-state index contributed by atoms with van der Waals surface area (Å²) in [5, 5.41) is 9.24. The smallest absolute Gasteiger partial charge is 0.0537 e. The lowest BCUT2D eigenvalue weighted by Gasteiger charge is -2.26. The van der Waals surface area contributed by atoms with E-state index in [-0.39, 0.29) is 12.0 Å². The van der Waals surface area contributed by atoms with Gasteiger partial charge in [-0.1, -0.05) is 6.92 Å². The molecule has 1 aromatic heterocycles. The van der Waals surface area contributed by atoms with E-state index in [4.69, 9.17) is 5.73 Å². The lowest BCUT2D eigenvalue weighted by molar-refractivity contribution is 0.209. The minimum atomic E-state index is -0.387. The Balaban J connectivity index is 3.12. The summed E-state index contributed by atoms with van der Waals surface area (Å²) in [7, 11) is 0. The molecular formula is C9H13BrN2O. The third-order valence-corrected chi connectivity index (χ3v) is 2.85. The van der Waals surface area contributed by atoms with Crippen LogP contribution in [0, 0.1) is 0 Å². The van der Waals surface area contributed by atoms with Gasteiger partial charge in [-0.3, -0.25) is 4.98 Å². The summed E-state index contributed by atoms with van der Waals surface area (Å²) in [4.78, 5) is 3.96. The van der Waals surface area contributed by atoms with Gasteiger partial charge in [-0.2, -0.15) is 0 Å². The van der Waals surface area contributed by atoms with Crippen LogP contribution in [0.4, 0.5) is 0 Å². The summed E-state index contributed by atoms with van der Waals surface area (Å²) in [5.74, 6) is 0. The molecule has 1 heterocycles. The van der Waals surface area contributed by atoms with Crippen LogP contribution in [0.5, 0.6) is 0 Å². The molecule has 1 aromatic rings. The largest absolute Gasteiger partial charge is 0.395 e. The lowest BCUT2D eigenvalue weighted by Crippen LogP contribution is -2.35. The maximum atomic E-state index is 9.24. The first kappa shape index (κ1) is 10.6. The predicted molar refractivity (Wildman–Crippen MR) is 55.4 cm³/mol. The second kappa shape index (κ2) is 4.17. The van der Waals surface area contributed by atoms with Crippen LogP contribution in [0.2, 0.25) is 0 Å². The van der Waals surface area contributed by atoms with Gasteiger partial charge in [-0.05, 0) is 27.6 Å². The molecular weight excluding hydrogens is 232 g/mol. The molecule has 0 aromatic carbocycles. The predicted octanol–water partition coefficient (Wildman–Crippen LogP) is 1.05. The Morgan fingerprint density at radius 1 is 1.69 bits per heavy atom. The fourth-order valence-corrected chi connectivity index (χ4v) is 1.85. The van der Waals surface area contributed by atoms with Crippen molar-refractivity contribution < 1.29 is 5.11 Å². The number of hydrogen-bond acceptors (Lipinski definition) is 3. The zero-order valence-corrected chi connectivity index (χ0v) is 9.08. The SMILES string of the molecule is CC(CN)(CO)c1ccncc1Br. The van der Waals surface area contributed by atoms with Crippen LogP contribution >= 0.6 is 15.9 Å². The molecule has 3 N–H and O–H groups in total. The van der Waals surface area contributed by atoms with Gasteiger partial charge in [0.1, 0.15) is 0 Å². The fraction of sp³-hybridized carbons (Fsp3) is 0.444. The zero-order chi connectivity index (χ0) is 9.90. The molecule has 72 valence electrons. The Labute approximate surface area is 86.1 Å². The number of aromatic nitrogens is 1.